The van der Waals surface area contributed by atoms with Crippen molar-refractivity contribution in [2.75, 3.05) is 10.6 Å². The summed E-state index contributed by atoms with van der Waals surface area (Å²) in [4.78, 5) is 43.2. The molecule has 8 heteroatoms. The van der Waals surface area contributed by atoms with Crippen molar-refractivity contribution in [3.63, 3.8) is 0 Å². The third-order valence-electron chi connectivity index (χ3n) is 2.17. The van der Waals surface area contributed by atoms with Gasteiger partial charge in [0.2, 0.25) is 11.8 Å². The van der Waals surface area contributed by atoms with Crippen LogP contribution in [0.2, 0.25) is 0 Å². The maximum Gasteiger partial charge on any atom is 0.328 e. The Morgan fingerprint density at radius 1 is 0.682 bits per heavy atom. The van der Waals surface area contributed by atoms with E-state index in [-0.39, 0.29) is 0 Å². The first-order valence-electron chi connectivity index (χ1n) is 5.91. The fourth-order valence-electron chi connectivity index (χ4n) is 1.30. The molecule has 0 saturated carbocycles. The predicted molar refractivity (Wildman–Crippen MR) is 77.3 cm³/mol. The predicted octanol–water partition coefficient (Wildman–Crippen LogP) is 0.845. The van der Waals surface area contributed by atoms with E-state index in [4.69, 9.17) is 10.2 Å². The van der Waals surface area contributed by atoms with Gasteiger partial charge in [0.05, 0.1) is 0 Å². The molecular formula is C14H12N2O6. The maximum atomic E-state index is 11.3. The van der Waals surface area contributed by atoms with E-state index < -0.39 is 23.8 Å². The van der Waals surface area contributed by atoms with Gasteiger partial charge in [-0.25, -0.2) is 9.59 Å². The molecule has 1 aromatic rings. The van der Waals surface area contributed by atoms with Crippen molar-refractivity contribution in [3.05, 3.63) is 48.6 Å². The minimum Gasteiger partial charge on any atom is -0.478 e. The highest BCUT2D eigenvalue weighted by molar-refractivity contribution is 6.03. The molecule has 0 atom stereocenters. The Bertz CT molecular complexity index is 589. The molecule has 4 N–H and O–H groups in total. The van der Waals surface area contributed by atoms with Crippen LogP contribution in [0, 0.1) is 0 Å². The lowest BCUT2D eigenvalue weighted by Crippen LogP contribution is -2.10. The summed E-state index contributed by atoms with van der Waals surface area (Å²) in [6.07, 6.45) is 3.15. The smallest absolute Gasteiger partial charge is 0.328 e. The summed E-state index contributed by atoms with van der Waals surface area (Å²) in [6.45, 7) is 0. The quantitative estimate of drug-likeness (QED) is 0.576. The van der Waals surface area contributed by atoms with Gasteiger partial charge in [0.15, 0.2) is 0 Å². The van der Waals surface area contributed by atoms with Crippen LogP contribution >= 0.6 is 0 Å². The van der Waals surface area contributed by atoms with E-state index in [2.05, 4.69) is 10.6 Å². The zero-order chi connectivity index (χ0) is 16.5. The van der Waals surface area contributed by atoms with E-state index in [0.717, 1.165) is 12.2 Å². The van der Waals surface area contributed by atoms with Crippen LogP contribution in [0.4, 0.5) is 11.4 Å². The highest BCUT2D eigenvalue weighted by Gasteiger charge is 2.01. The van der Waals surface area contributed by atoms with Crippen LogP contribution in [0.5, 0.6) is 0 Å². The number of anilines is 2. The van der Waals surface area contributed by atoms with Crippen LogP contribution in [0.15, 0.2) is 48.6 Å². The van der Waals surface area contributed by atoms with E-state index in [0.29, 0.717) is 23.5 Å². The first kappa shape index (κ1) is 16.6. The molecule has 0 aliphatic rings. The van der Waals surface area contributed by atoms with E-state index in [1.54, 1.807) is 0 Å². The second-order valence-electron chi connectivity index (χ2n) is 3.90. The lowest BCUT2D eigenvalue weighted by Gasteiger charge is -2.05. The number of amides is 2. The molecule has 22 heavy (non-hydrogen) atoms. The fraction of sp³-hybridized carbons (Fsp3) is 0. The van der Waals surface area contributed by atoms with Gasteiger partial charge in [-0.15, -0.1) is 0 Å². The summed E-state index contributed by atoms with van der Waals surface area (Å²) in [6, 6.07) is 5.96. The lowest BCUT2D eigenvalue weighted by atomic mass is 10.2. The molecule has 8 nitrogen and oxygen atoms in total. The van der Waals surface area contributed by atoms with Gasteiger partial charge in [-0.05, 0) is 24.3 Å². The zero-order valence-electron chi connectivity index (χ0n) is 11.1. The molecule has 0 aromatic heterocycles. The van der Waals surface area contributed by atoms with Crippen LogP contribution in [0.3, 0.4) is 0 Å². The van der Waals surface area contributed by atoms with Gasteiger partial charge >= 0.3 is 11.9 Å². The minimum absolute atomic E-state index is 0.402. The number of benzene rings is 1. The number of carbonyl (C=O) groups is 4. The Morgan fingerprint density at radius 3 is 1.27 bits per heavy atom. The molecule has 1 aromatic carbocycles. The highest BCUT2D eigenvalue weighted by Crippen LogP contribution is 2.13. The van der Waals surface area contributed by atoms with Gasteiger partial charge in [-0.3, -0.25) is 9.59 Å². The molecule has 1 rings (SSSR count). The Kier molecular flexibility index (Phi) is 6.05. The first-order valence-corrected chi connectivity index (χ1v) is 5.91. The largest absolute Gasteiger partial charge is 0.478 e. The van der Waals surface area contributed by atoms with Crippen molar-refractivity contribution in [3.8, 4) is 0 Å². The molecule has 0 bridgehead atoms. The normalized spacial score (nSPS) is 10.5. The Labute approximate surface area is 124 Å². The summed E-state index contributed by atoms with van der Waals surface area (Å²) in [5, 5.41) is 21.6. The van der Waals surface area contributed by atoms with Gasteiger partial charge in [0.1, 0.15) is 0 Å². The van der Waals surface area contributed by atoms with Gasteiger partial charge < -0.3 is 20.8 Å². The molecular weight excluding hydrogens is 292 g/mol. The number of carbonyl (C=O) groups excluding carboxylic acids is 2. The molecule has 0 unspecified atom stereocenters. The molecule has 0 radical (unpaired) electrons. The van der Waals surface area contributed by atoms with Gasteiger partial charge in [-0.2, -0.15) is 0 Å². The highest BCUT2D eigenvalue weighted by atomic mass is 16.4. The second-order valence-corrected chi connectivity index (χ2v) is 3.90. The van der Waals surface area contributed by atoms with Crippen LogP contribution in [0.1, 0.15) is 0 Å². The summed E-state index contributed by atoms with van der Waals surface area (Å²) < 4.78 is 0. The van der Waals surface area contributed by atoms with E-state index in [1.165, 1.54) is 24.3 Å². The monoisotopic (exact) mass is 304 g/mol. The molecule has 0 aliphatic carbocycles. The van der Waals surface area contributed by atoms with Gasteiger partial charge in [-0.1, -0.05) is 0 Å². The number of aliphatic carboxylic acids is 2. The summed E-state index contributed by atoms with van der Waals surface area (Å²) in [5.74, 6) is -3.68. The van der Waals surface area contributed by atoms with Crippen molar-refractivity contribution in [1.29, 1.82) is 0 Å². The standard InChI is InChI=1S/C14H12N2O6/c17-11(5-7-13(19)20)15-9-1-2-10(4-3-9)16-12(18)6-8-14(21)22/h1-8H,(H,15,17)(H,16,18)(H,19,20)(H,21,22)/b7-5-,8-6-. The van der Waals surface area contributed by atoms with Crippen molar-refractivity contribution < 1.29 is 29.4 Å². The fourth-order valence-corrected chi connectivity index (χ4v) is 1.30. The van der Waals surface area contributed by atoms with Crippen molar-refractivity contribution >= 4 is 35.1 Å². The lowest BCUT2D eigenvalue weighted by molar-refractivity contribution is -0.132. The number of carboxylic acids is 2. The minimum atomic E-state index is -1.23. The average Bonchev–Trinajstić information content (AvgIpc) is 2.45. The Hall–Kier alpha value is -3.42. The van der Waals surface area contributed by atoms with E-state index in [1.807, 2.05) is 0 Å². The Balaban J connectivity index is 2.59. The van der Waals surface area contributed by atoms with Gasteiger partial charge in [0, 0.05) is 35.7 Å². The Morgan fingerprint density at radius 2 is 1.00 bits per heavy atom. The summed E-state index contributed by atoms with van der Waals surface area (Å²) in [7, 11) is 0. The number of hydrogen-bond donors (Lipinski definition) is 4. The van der Waals surface area contributed by atoms with Crippen molar-refractivity contribution in [2.24, 2.45) is 0 Å². The van der Waals surface area contributed by atoms with Gasteiger partial charge in [0.25, 0.3) is 0 Å². The van der Waals surface area contributed by atoms with Crippen LogP contribution in [-0.2, 0) is 19.2 Å². The zero-order valence-corrected chi connectivity index (χ0v) is 11.1. The van der Waals surface area contributed by atoms with Crippen LogP contribution in [0.25, 0.3) is 0 Å². The molecule has 0 heterocycles. The number of rotatable bonds is 6. The third kappa shape index (κ3) is 6.66. The van der Waals surface area contributed by atoms with E-state index >= 15 is 0 Å². The SMILES string of the molecule is O=C(O)/C=C\C(=O)Nc1ccc(NC(=O)/C=C\C(=O)O)cc1. The third-order valence-corrected chi connectivity index (χ3v) is 2.17. The summed E-state index contributed by atoms with van der Waals surface area (Å²) in [5.41, 5.74) is 0.804. The number of nitrogens with one attached hydrogen (secondary N) is 2. The molecule has 0 fully saturated rings. The first-order chi connectivity index (χ1) is 10.4. The van der Waals surface area contributed by atoms with Crippen molar-refractivity contribution in [2.45, 2.75) is 0 Å². The molecule has 2 amide bonds. The number of carboxylic acid groups (broad SMARTS) is 2. The summed E-state index contributed by atoms with van der Waals surface area (Å²) >= 11 is 0. The van der Waals surface area contributed by atoms with Crippen LogP contribution < -0.4 is 10.6 Å². The molecule has 114 valence electrons. The number of hydrogen-bond acceptors (Lipinski definition) is 4. The average molecular weight is 304 g/mol. The molecule has 0 spiro atoms. The van der Waals surface area contributed by atoms with E-state index in [9.17, 15) is 19.2 Å². The van der Waals surface area contributed by atoms with Crippen molar-refractivity contribution in [1.82, 2.24) is 0 Å². The second kappa shape index (κ2) is 8.00. The molecule has 0 saturated heterocycles. The van der Waals surface area contributed by atoms with Crippen LogP contribution in [-0.4, -0.2) is 34.0 Å². The topological polar surface area (TPSA) is 133 Å². The molecule has 0 aliphatic heterocycles. The maximum absolute atomic E-state index is 11.3.